The van der Waals surface area contributed by atoms with Gasteiger partial charge in [-0.1, -0.05) is 37.6 Å². The number of fused-ring (bicyclic) bond motifs is 1. The summed E-state index contributed by atoms with van der Waals surface area (Å²) in [6, 6.07) is 11.9. The standard InChI is InChI=1S/C20H22ClFN2O2S/c1-4-20(5-2,16-10-9-14(22)13-17(16)21)24-12-11-15-18(23-27(3,25)26)7-6-8-19(15)24/h6-13,23H,4-5H2,1-3H3. The average Bonchev–Trinajstić information content (AvgIpc) is 3.02. The molecule has 0 fully saturated rings. The number of anilines is 1. The number of sulfonamides is 1. The summed E-state index contributed by atoms with van der Waals surface area (Å²) in [6.45, 7) is 4.13. The molecular weight excluding hydrogens is 387 g/mol. The molecule has 3 aromatic rings. The van der Waals surface area contributed by atoms with Crippen molar-refractivity contribution in [1.29, 1.82) is 0 Å². The molecule has 0 amide bonds. The van der Waals surface area contributed by atoms with Gasteiger partial charge in [-0.25, -0.2) is 12.8 Å². The highest BCUT2D eigenvalue weighted by molar-refractivity contribution is 7.92. The maximum absolute atomic E-state index is 13.6. The van der Waals surface area contributed by atoms with Crippen molar-refractivity contribution in [2.75, 3.05) is 11.0 Å². The summed E-state index contributed by atoms with van der Waals surface area (Å²) < 4.78 is 41.6. The number of halogens is 2. The molecule has 1 aromatic heterocycles. The van der Waals surface area contributed by atoms with Gasteiger partial charge in [0.25, 0.3) is 0 Å². The van der Waals surface area contributed by atoms with Crippen LogP contribution in [0.4, 0.5) is 10.1 Å². The Morgan fingerprint density at radius 2 is 1.85 bits per heavy atom. The minimum Gasteiger partial charge on any atom is -0.337 e. The summed E-state index contributed by atoms with van der Waals surface area (Å²) in [4.78, 5) is 0. The van der Waals surface area contributed by atoms with Gasteiger partial charge in [-0.3, -0.25) is 4.72 Å². The Balaban J connectivity index is 2.26. The maximum Gasteiger partial charge on any atom is 0.229 e. The number of nitrogens with zero attached hydrogens (tertiary/aromatic N) is 1. The second kappa shape index (κ2) is 7.17. The first-order valence-electron chi connectivity index (χ1n) is 8.75. The van der Waals surface area contributed by atoms with E-state index in [4.69, 9.17) is 11.6 Å². The number of rotatable bonds is 6. The van der Waals surface area contributed by atoms with Gasteiger partial charge in [0.2, 0.25) is 10.0 Å². The average molecular weight is 409 g/mol. The molecule has 0 radical (unpaired) electrons. The molecule has 1 heterocycles. The smallest absolute Gasteiger partial charge is 0.229 e. The van der Waals surface area contributed by atoms with E-state index < -0.39 is 15.6 Å². The van der Waals surface area contributed by atoms with Crippen LogP contribution in [0, 0.1) is 5.82 Å². The van der Waals surface area contributed by atoms with E-state index in [0.29, 0.717) is 10.7 Å². The van der Waals surface area contributed by atoms with E-state index in [1.54, 1.807) is 12.1 Å². The molecule has 0 unspecified atom stereocenters. The first kappa shape index (κ1) is 19.7. The van der Waals surface area contributed by atoms with Crippen molar-refractivity contribution in [2.45, 2.75) is 32.2 Å². The van der Waals surface area contributed by atoms with Crippen LogP contribution in [0.2, 0.25) is 5.02 Å². The van der Waals surface area contributed by atoms with Crippen LogP contribution in [0.25, 0.3) is 10.9 Å². The molecule has 0 aliphatic carbocycles. The third kappa shape index (κ3) is 3.56. The third-order valence-corrected chi connectivity index (χ3v) is 6.00. The normalized spacial score (nSPS) is 12.5. The van der Waals surface area contributed by atoms with Crippen LogP contribution in [0.1, 0.15) is 32.3 Å². The van der Waals surface area contributed by atoms with Crippen molar-refractivity contribution >= 4 is 38.2 Å². The number of hydrogen-bond acceptors (Lipinski definition) is 2. The van der Waals surface area contributed by atoms with Crippen molar-refractivity contribution in [1.82, 2.24) is 4.57 Å². The Kier molecular flexibility index (Phi) is 5.23. The fourth-order valence-electron chi connectivity index (χ4n) is 3.80. The van der Waals surface area contributed by atoms with Gasteiger partial charge < -0.3 is 4.57 Å². The molecule has 3 rings (SSSR count). The Morgan fingerprint density at radius 1 is 1.15 bits per heavy atom. The van der Waals surface area contributed by atoms with E-state index in [1.807, 2.05) is 24.4 Å². The van der Waals surface area contributed by atoms with Gasteiger partial charge in [0.15, 0.2) is 0 Å². The number of aromatic nitrogens is 1. The lowest BCUT2D eigenvalue weighted by molar-refractivity contribution is 0.339. The monoisotopic (exact) mass is 408 g/mol. The summed E-state index contributed by atoms with van der Waals surface area (Å²) in [7, 11) is -3.39. The van der Waals surface area contributed by atoms with Crippen LogP contribution in [-0.2, 0) is 15.6 Å². The van der Waals surface area contributed by atoms with E-state index in [-0.39, 0.29) is 5.82 Å². The summed E-state index contributed by atoms with van der Waals surface area (Å²) in [5.74, 6) is -0.373. The molecule has 0 aliphatic rings. The minimum absolute atomic E-state index is 0.373. The second-order valence-corrected chi connectivity index (χ2v) is 8.82. The van der Waals surface area contributed by atoms with Gasteiger partial charge >= 0.3 is 0 Å². The molecule has 2 aromatic carbocycles. The molecule has 144 valence electrons. The Labute approximate surface area is 164 Å². The largest absolute Gasteiger partial charge is 0.337 e. The van der Waals surface area contributed by atoms with Gasteiger partial charge in [-0.15, -0.1) is 0 Å². The zero-order valence-electron chi connectivity index (χ0n) is 15.5. The molecule has 7 heteroatoms. The van der Waals surface area contributed by atoms with Gasteiger partial charge in [-0.05, 0) is 48.7 Å². The number of hydrogen-bond donors (Lipinski definition) is 1. The SMILES string of the molecule is CCC(CC)(c1ccc(F)cc1Cl)n1ccc2c(NS(C)(=O)=O)cccc21. The molecule has 0 saturated heterocycles. The van der Waals surface area contributed by atoms with Gasteiger partial charge in [0.1, 0.15) is 5.82 Å². The lowest BCUT2D eigenvalue weighted by Gasteiger charge is -2.36. The van der Waals surface area contributed by atoms with Crippen LogP contribution in [0.5, 0.6) is 0 Å². The topological polar surface area (TPSA) is 51.1 Å². The lowest BCUT2D eigenvalue weighted by Crippen LogP contribution is -2.33. The van der Waals surface area contributed by atoms with Crippen LogP contribution >= 0.6 is 11.6 Å². The van der Waals surface area contributed by atoms with Crippen molar-refractivity contribution in [3.63, 3.8) is 0 Å². The minimum atomic E-state index is -3.39. The fourth-order valence-corrected chi connectivity index (χ4v) is 4.72. The zero-order valence-corrected chi connectivity index (χ0v) is 17.0. The summed E-state index contributed by atoms with van der Waals surface area (Å²) >= 11 is 6.41. The molecule has 0 saturated carbocycles. The molecule has 1 N–H and O–H groups in total. The molecule has 0 aliphatic heterocycles. The second-order valence-electron chi connectivity index (χ2n) is 6.66. The van der Waals surface area contributed by atoms with E-state index in [0.717, 1.165) is 35.6 Å². The highest BCUT2D eigenvalue weighted by Gasteiger charge is 2.33. The van der Waals surface area contributed by atoms with E-state index in [2.05, 4.69) is 23.1 Å². The van der Waals surface area contributed by atoms with Crippen LogP contribution in [0.3, 0.4) is 0 Å². The number of benzene rings is 2. The predicted molar refractivity (Wildman–Crippen MR) is 109 cm³/mol. The van der Waals surface area contributed by atoms with E-state index in [1.165, 1.54) is 12.1 Å². The molecule has 4 nitrogen and oxygen atoms in total. The van der Waals surface area contributed by atoms with E-state index in [9.17, 15) is 12.8 Å². The van der Waals surface area contributed by atoms with Crippen LogP contribution in [0.15, 0.2) is 48.7 Å². The van der Waals surface area contributed by atoms with Gasteiger partial charge in [-0.2, -0.15) is 0 Å². The van der Waals surface area contributed by atoms with Crippen LogP contribution in [-0.4, -0.2) is 19.2 Å². The molecule has 0 bridgehead atoms. The predicted octanol–water partition coefficient (Wildman–Crippen LogP) is 5.37. The summed E-state index contributed by atoms with van der Waals surface area (Å²) in [6.07, 6.45) is 4.54. The van der Waals surface area contributed by atoms with Crippen molar-refractivity contribution in [3.05, 3.63) is 65.1 Å². The quantitative estimate of drug-likeness (QED) is 0.596. The Morgan fingerprint density at radius 3 is 2.44 bits per heavy atom. The number of nitrogens with one attached hydrogen (secondary N) is 1. The van der Waals surface area contributed by atoms with Crippen molar-refractivity contribution in [2.24, 2.45) is 0 Å². The fraction of sp³-hybridized carbons (Fsp3) is 0.300. The first-order valence-corrected chi connectivity index (χ1v) is 11.0. The zero-order chi connectivity index (χ0) is 19.8. The summed E-state index contributed by atoms with van der Waals surface area (Å²) in [5.41, 5.74) is 1.78. The Hall–Kier alpha value is -2.05. The van der Waals surface area contributed by atoms with Crippen molar-refractivity contribution < 1.29 is 12.8 Å². The van der Waals surface area contributed by atoms with Crippen LogP contribution < -0.4 is 4.72 Å². The Bertz CT molecular complexity index is 1090. The lowest BCUT2D eigenvalue weighted by atomic mass is 9.84. The molecule has 0 spiro atoms. The molecular formula is C20H22ClFN2O2S. The molecule has 0 atom stereocenters. The highest BCUT2D eigenvalue weighted by atomic mass is 35.5. The van der Waals surface area contributed by atoms with Gasteiger partial charge in [0, 0.05) is 16.6 Å². The molecule has 27 heavy (non-hydrogen) atoms. The highest BCUT2D eigenvalue weighted by Crippen LogP contribution is 2.41. The van der Waals surface area contributed by atoms with Gasteiger partial charge in [0.05, 0.1) is 23.0 Å². The maximum atomic E-state index is 13.6. The third-order valence-electron chi connectivity index (χ3n) is 5.09. The van der Waals surface area contributed by atoms with E-state index >= 15 is 0 Å². The van der Waals surface area contributed by atoms with Crippen molar-refractivity contribution in [3.8, 4) is 0 Å². The summed E-state index contributed by atoms with van der Waals surface area (Å²) in [5, 5.41) is 1.18. The first-order chi connectivity index (χ1) is 12.7.